The molecule has 3 rings (SSSR count). The molecule has 0 bridgehead atoms. The molecular weight excluding hydrogens is 260 g/mol. The Balaban J connectivity index is 2.05. The van der Waals surface area contributed by atoms with Crippen LogP contribution in [0.5, 0.6) is 0 Å². The zero-order valence-electron chi connectivity index (χ0n) is 10.9. The van der Waals surface area contributed by atoms with Crippen molar-refractivity contribution in [3.8, 4) is 0 Å². The Morgan fingerprint density at radius 3 is 2.60 bits per heavy atom. The number of aromatic amines is 1. The normalized spacial score (nSPS) is 23.1. The van der Waals surface area contributed by atoms with Crippen LogP contribution in [-0.4, -0.2) is 31.8 Å². The average Bonchev–Trinajstić information content (AvgIpc) is 2.74. The first-order chi connectivity index (χ1) is 9.56. The quantitative estimate of drug-likeness (QED) is 0.774. The molecule has 3 N–H and O–H groups in total. The van der Waals surface area contributed by atoms with Crippen LogP contribution in [0.4, 0.5) is 0 Å². The third kappa shape index (κ3) is 2.12. The molecule has 0 spiro atoms. The zero-order chi connectivity index (χ0) is 14.3. The highest BCUT2D eigenvalue weighted by atomic mass is 16.4. The van der Waals surface area contributed by atoms with Gasteiger partial charge in [0.2, 0.25) is 0 Å². The van der Waals surface area contributed by atoms with Gasteiger partial charge in [0.05, 0.1) is 22.7 Å². The minimum Gasteiger partial charge on any atom is -0.478 e. The number of fused-ring (bicyclic) bond motifs is 1. The topological polar surface area (TPSA) is 95.3 Å². The van der Waals surface area contributed by atoms with E-state index in [1.165, 1.54) is 12.1 Å². The average molecular weight is 276 g/mol. The maximum atomic E-state index is 12.1. The Kier molecular flexibility index (Phi) is 3.10. The van der Waals surface area contributed by atoms with Gasteiger partial charge < -0.3 is 15.2 Å². The van der Waals surface area contributed by atoms with Gasteiger partial charge >= 0.3 is 11.7 Å². The Labute approximate surface area is 114 Å². The second-order valence-electron chi connectivity index (χ2n) is 5.30. The van der Waals surface area contributed by atoms with Gasteiger partial charge in [-0.1, -0.05) is 0 Å². The predicted molar refractivity (Wildman–Crippen MR) is 73.0 cm³/mol. The highest BCUT2D eigenvalue weighted by molar-refractivity contribution is 5.92. The molecule has 1 aromatic heterocycles. The molecule has 0 amide bonds. The third-order valence-corrected chi connectivity index (χ3v) is 3.99. The van der Waals surface area contributed by atoms with Crippen molar-refractivity contribution in [2.24, 2.45) is 0 Å². The van der Waals surface area contributed by atoms with Crippen LogP contribution >= 0.6 is 0 Å². The summed E-state index contributed by atoms with van der Waals surface area (Å²) in [6.45, 7) is 0. The number of aromatic carboxylic acids is 1. The fraction of sp³-hybridized carbons (Fsp3) is 0.429. The van der Waals surface area contributed by atoms with E-state index in [-0.39, 0.29) is 23.4 Å². The molecule has 6 nitrogen and oxygen atoms in total. The van der Waals surface area contributed by atoms with E-state index in [2.05, 4.69) is 4.98 Å². The van der Waals surface area contributed by atoms with Crippen molar-refractivity contribution in [1.82, 2.24) is 9.55 Å². The van der Waals surface area contributed by atoms with Crippen molar-refractivity contribution in [1.29, 1.82) is 0 Å². The minimum atomic E-state index is -1.01. The summed E-state index contributed by atoms with van der Waals surface area (Å²) in [5, 5.41) is 18.5. The molecule has 0 aliphatic heterocycles. The second-order valence-corrected chi connectivity index (χ2v) is 5.30. The fourth-order valence-electron chi connectivity index (χ4n) is 2.94. The minimum absolute atomic E-state index is 0.0651. The van der Waals surface area contributed by atoms with Crippen LogP contribution in [-0.2, 0) is 0 Å². The maximum absolute atomic E-state index is 12.1. The van der Waals surface area contributed by atoms with Crippen LogP contribution in [0.25, 0.3) is 11.0 Å². The van der Waals surface area contributed by atoms with Crippen molar-refractivity contribution in [3.05, 3.63) is 34.2 Å². The molecule has 0 radical (unpaired) electrons. The Bertz CT molecular complexity index is 708. The van der Waals surface area contributed by atoms with Gasteiger partial charge in [-0.05, 0) is 43.9 Å². The van der Waals surface area contributed by atoms with Gasteiger partial charge in [-0.15, -0.1) is 0 Å². The van der Waals surface area contributed by atoms with Gasteiger partial charge in [-0.25, -0.2) is 9.59 Å². The molecule has 1 aromatic carbocycles. The molecule has 106 valence electrons. The molecule has 0 atom stereocenters. The number of carboxylic acid groups (broad SMARTS) is 1. The van der Waals surface area contributed by atoms with E-state index in [4.69, 9.17) is 5.11 Å². The number of H-pyrrole nitrogens is 1. The second kappa shape index (κ2) is 4.79. The number of carboxylic acids is 1. The van der Waals surface area contributed by atoms with Gasteiger partial charge in [0, 0.05) is 6.04 Å². The van der Waals surface area contributed by atoms with E-state index in [0.717, 1.165) is 18.4 Å². The van der Waals surface area contributed by atoms with Crippen LogP contribution in [0.2, 0.25) is 0 Å². The highest BCUT2D eigenvalue weighted by Crippen LogP contribution is 2.29. The number of hydrogen-bond donors (Lipinski definition) is 3. The number of imidazole rings is 1. The third-order valence-electron chi connectivity index (χ3n) is 3.99. The smallest absolute Gasteiger partial charge is 0.335 e. The number of aliphatic hydroxyl groups excluding tert-OH is 1. The van der Waals surface area contributed by atoms with Crippen LogP contribution in [0, 0.1) is 0 Å². The van der Waals surface area contributed by atoms with Gasteiger partial charge in [0.1, 0.15) is 0 Å². The first kappa shape index (κ1) is 12.9. The molecule has 0 unspecified atom stereocenters. The van der Waals surface area contributed by atoms with E-state index in [0.29, 0.717) is 18.4 Å². The van der Waals surface area contributed by atoms with E-state index in [1.54, 1.807) is 10.6 Å². The standard InChI is InChI=1S/C14H16N2O4/c17-10-4-2-9(3-5-10)16-12-6-1-8(13(18)19)7-11(12)15-14(16)20/h1,6-7,9-10,17H,2-5H2,(H,15,20)(H,18,19). The molecule has 1 heterocycles. The zero-order valence-corrected chi connectivity index (χ0v) is 10.9. The summed E-state index contributed by atoms with van der Waals surface area (Å²) in [7, 11) is 0. The van der Waals surface area contributed by atoms with Crippen LogP contribution < -0.4 is 5.69 Å². The van der Waals surface area contributed by atoms with E-state index in [9.17, 15) is 14.7 Å². The lowest BCUT2D eigenvalue weighted by Gasteiger charge is -2.26. The van der Waals surface area contributed by atoms with Crippen molar-refractivity contribution in [2.75, 3.05) is 0 Å². The number of carbonyl (C=O) groups is 1. The molecule has 6 heteroatoms. The SMILES string of the molecule is O=C(O)c1ccc2c(c1)[nH]c(=O)n2C1CCC(O)CC1. The van der Waals surface area contributed by atoms with Gasteiger partial charge in [0.15, 0.2) is 0 Å². The highest BCUT2D eigenvalue weighted by Gasteiger charge is 2.23. The number of aromatic nitrogens is 2. The lowest BCUT2D eigenvalue weighted by molar-refractivity contribution is 0.0697. The summed E-state index contributed by atoms with van der Waals surface area (Å²) in [4.78, 5) is 25.8. The van der Waals surface area contributed by atoms with E-state index < -0.39 is 5.97 Å². The number of nitrogens with one attached hydrogen (secondary N) is 1. The summed E-state index contributed by atoms with van der Waals surface area (Å²) in [6.07, 6.45) is 2.63. The largest absolute Gasteiger partial charge is 0.478 e. The Morgan fingerprint density at radius 1 is 1.25 bits per heavy atom. The van der Waals surface area contributed by atoms with E-state index in [1.807, 2.05) is 0 Å². The van der Waals surface area contributed by atoms with Crippen molar-refractivity contribution < 1.29 is 15.0 Å². The monoisotopic (exact) mass is 276 g/mol. The summed E-state index contributed by atoms with van der Waals surface area (Å²) < 4.78 is 1.69. The van der Waals surface area contributed by atoms with Gasteiger partial charge in [-0.2, -0.15) is 0 Å². The van der Waals surface area contributed by atoms with Gasteiger partial charge in [0.25, 0.3) is 0 Å². The van der Waals surface area contributed by atoms with Crippen LogP contribution in [0.1, 0.15) is 42.1 Å². The van der Waals surface area contributed by atoms with Crippen molar-refractivity contribution >= 4 is 17.0 Å². The summed E-state index contributed by atoms with van der Waals surface area (Å²) in [5.41, 5.74) is 1.20. The molecule has 0 saturated heterocycles. The number of hydrogen-bond acceptors (Lipinski definition) is 3. The van der Waals surface area contributed by atoms with E-state index >= 15 is 0 Å². The first-order valence-corrected chi connectivity index (χ1v) is 6.72. The number of nitrogens with zero attached hydrogens (tertiary/aromatic N) is 1. The van der Waals surface area contributed by atoms with Crippen LogP contribution in [0.3, 0.4) is 0 Å². The molecule has 2 aromatic rings. The molecule has 1 saturated carbocycles. The molecular formula is C14H16N2O4. The number of aliphatic hydroxyl groups is 1. The molecule has 20 heavy (non-hydrogen) atoms. The van der Waals surface area contributed by atoms with Crippen LogP contribution in [0.15, 0.2) is 23.0 Å². The number of benzene rings is 1. The lowest BCUT2D eigenvalue weighted by Crippen LogP contribution is -2.27. The summed E-state index contributed by atoms with van der Waals surface area (Å²) in [5.74, 6) is -1.01. The summed E-state index contributed by atoms with van der Waals surface area (Å²) >= 11 is 0. The predicted octanol–water partition coefficient (Wildman–Crippen LogP) is 1.50. The number of rotatable bonds is 2. The molecule has 1 aliphatic rings. The first-order valence-electron chi connectivity index (χ1n) is 6.72. The van der Waals surface area contributed by atoms with Crippen molar-refractivity contribution in [2.45, 2.75) is 37.8 Å². The van der Waals surface area contributed by atoms with Gasteiger partial charge in [-0.3, -0.25) is 4.57 Å². The Hall–Kier alpha value is -2.08. The summed E-state index contributed by atoms with van der Waals surface area (Å²) in [6, 6.07) is 4.72. The molecule has 1 fully saturated rings. The maximum Gasteiger partial charge on any atom is 0.335 e. The molecule has 1 aliphatic carbocycles. The fourth-order valence-corrected chi connectivity index (χ4v) is 2.94. The van der Waals surface area contributed by atoms with Crippen molar-refractivity contribution in [3.63, 3.8) is 0 Å². The lowest BCUT2D eigenvalue weighted by atomic mass is 9.93. The Morgan fingerprint density at radius 2 is 1.95 bits per heavy atom.